The average molecular weight is 441 g/mol. The number of nitrogens with one attached hydrogen (secondary N) is 1. The molecule has 162 valence electrons. The second kappa shape index (κ2) is 6.94. The lowest BCUT2D eigenvalue weighted by Crippen LogP contribution is -2.19. The Kier molecular flexibility index (Phi) is 4.29. The topological polar surface area (TPSA) is 98.3 Å². The molecule has 0 radical (unpaired) electrons. The third-order valence-electron chi connectivity index (χ3n) is 5.01. The molecule has 0 bridgehead atoms. The van der Waals surface area contributed by atoms with Crippen LogP contribution in [0.2, 0.25) is 0 Å². The monoisotopic (exact) mass is 441 g/mol. The van der Waals surface area contributed by atoms with E-state index in [0.29, 0.717) is 11.3 Å². The van der Waals surface area contributed by atoms with Gasteiger partial charge in [0, 0.05) is 0 Å². The zero-order chi connectivity index (χ0) is 22.6. The van der Waals surface area contributed by atoms with Crippen LogP contribution < -0.4 is 10.3 Å². The van der Waals surface area contributed by atoms with Crippen molar-refractivity contribution in [3.8, 4) is 28.3 Å². The zero-order valence-corrected chi connectivity index (χ0v) is 16.7. The van der Waals surface area contributed by atoms with E-state index < -0.39 is 17.4 Å². The lowest BCUT2D eigenvalue weighted by molar-refractivity contribution is -0.140. The minimum absolute atomic E-state index is 0.0738. The summed E-state index contributed by atoms with van der Waals surface area (Å²) < 4.78 is 53.1. The van der Waals surface area contributed by atoms with Crippen molar-refractivity contribution >= 4 is 16.7 Å². The summed E-state index contributed by atoms with van der Waals surface area (Å²) in [5, 5.41) is 2.17. The molecule has 32 heavy (non-hydrogen) atoms. The maximum absolute atomic E-state index is 13.8. The van der Waals surface area contributed by atoms with E-state index >= 15 is 0 Å². The number of alkyl halides is 3. The Balaban J connectivity index is 1.82. The molecule has 11 heteroatoms. The van der Waals surface area contributed by atoms with Crippen molar-refractivity contribution in [3.63, 3.8) is 0 Å². The molecule has 5 rings (SSSR count). The van der Waals surface area contributed by atoms with E-state index in [1.807, 2.05) is 0 Å². The van der Waals surface area contributed by atoms with E-state index in [0.717, 1.165) is 4.52 Å². The summed E-state index contributed by atoms with van der Waals surface area (Å²) in [5.41, 5.74) is -1.26. The highest BCUT2D eigenvalue weighted by Gasteiger charge is 2.38. The molecule has 1 aromatic carbocycles. The fraction of sp³-hybridized carbons (Fsp3) is 0.143. The highest BCUT2D eigenvalue weighted by molar-refractivity contribution is 5.83. The average Bonchev–Trinajstić information content (AvgIpc) is 3.36. The number of nitrogens with zero attached hydrogens (tertiary/aromatic N) is 4. The summed E-state index contributed by atoms with van der Waals surface area (Å²) in [6, 6.07) is 7.95. The summed E-state index contributed by atoms with van der Waals surface area (Å²) in [5.74, 6) is 0.231. The number of fused-ring (bicyclic) bond motifs is 2. The Bertz CT molecular complexity index is 1530. The van der Waals surface area contributed by atoms with Crippen molar-refractivity contribution in [1.29, 1.82) is 0 Å². The molecular formula is C21H14F3N5O3. The van der Waals surface area contributed by atoms with Gasteiger partial charge in [-0.1, -0.05) is 30.3 Å². The highest BCUT2D eigenvalue weighted by Crippen LogP contribution is 2.38. The number of halogens is 3. The van der Waals surface area contributed by atoms with Gasteiger partial charge in [0.25, 0.3) is 5.56 Å². The number of benzene rings is 1. The van der Waals surface area contributed by atoms with Crippen LogP contribution in [0.1, 0.15) is 11.4 Å². The first-order chi connectivity index (χ1) is 15.3. The van der Waals surface area contributed by atoms with Gasteiger partial charge in [-0.25, -0.2) is 9.97 Å². The van der Waals surface area contributed by atoms with Crippen LogP contribution in [0.15, 0.2) is 51.9 Å². The van der Waals surface area contributed by atoms with Crippen molar-refractivity contribution in [2.45, 2.75) is 13.1 Å². The summed E-state index contributed by atoms with van der Waals surface area (Å²) in [6.07, 6.45) is -1.91. The van der Waals surface area contributed by atoms with Crippen LogP contribution in [-0.2, 0) is 6.18 Å². The molecule has 0 atom stereocenters. The number of methoxy groups -OCH3 is 1. The van der Waals surface area contributed by atoms with Crippen LogP contribution in [0, 0.1) is 6.92 Å². The van der Waals surface area contributed by atoms with Gasteiger partial charge in [0.1, 0.15) is 11.3 Å². The third-order valence-corrected chi connectivity index (χ3v) is 5.01. The molecule has 8 nitrogen and oxygen atoms in total. The van der Waals surface area contributed by atoms with Crippen LogP contribution in [0.4, 0.5) is 13.2 Å². The van der Waals surface area contributed by atoms with Gasteiger partial charge in [0.05, 0.1) is 30.8 Å². The predicted octanol–water partition coefficient (Wildman–Crippen LogP) is 4.23. The zero-order valence-electron chi connectivity index (χ0n) is 16.7. The number of rotatable bonds is 3. The standard InChI is InChI=1S/C21H14F3N5O3/c1-10-14(19-27-16-12(31-2)8-25-9-13(16)32-19)20(30)29-18(26-10)15(11-6-4-3-5-7-11)17(28-29)21(22,23)24/h3-9,28H,1-2H3. The molecule has 0 saturated carbocycles. The van der Waals surface area contributed by atoms with Crippen molar-refractivity contribution in [1.82, 2.24) is 24.6 Å². The fourth-order valence-corrected chi connectivity index (χ4v) is 3.59. The van der Waals surface area contributed by atoms with Crippen molar-refractivity contribution in [2.75, 3.05) is 7.11 Å². The Morgan fingerprint density at radius 1 is 1.09 bits per heavy atom. The van der Waals surface area contributed by atoms with Crippen LogP contribution in [0.25, 0.3) is 39.3 Å². The highest BCUT2D eigenvalue weighted by atomic mass is 19.4. The lowest BCUT2D eigenvalue weighted by Gasteiger charge is -2.07. The van der Waals surface area contributed by atoms with Gasteiger partial charge in [0.15, 0.2) is 22.5 Å². The number of aromatic nitrogens is 5. The molecule has 0 unspecified atom stereocenters. The maximum atomic E-state index is 13.8. The van der Waals surface area contributed by atoms with Crippen molar-refractivity contribution in [3.05, 3.63) is 64.5 Å². The fourth-order valence-electron chi connectivity index (χ4n) is 3.59. The first-order valence-corrected chi connectivity index (χ1v) is 9.36. The minimum Gasteiger partial charge on any atom is -0.493 e. The lowest BCUT2D eigenvalue weighted by atomic mass is 10.1. The van der Waals surface area contributed by atoms with Gasteiger partial charge in [-0.15, -0.1) is 0 Å². The molecule has 4 heterocycles. The van der Waals surface area contributed by atoms with Crippen LogP contribution in [-0.4, -0.2) is 31.7 Å². The minimum atomic E-state index is -4.74. The van der Waals surface area contributed by atoms with E-state index in [1.54, 1.807) is 18.2 Å². The number of hydrogen-bond donors (Lipinski definition) is 1. The molecule has 0 aliphatic carbocycles. The van der Waals surface area contributed by atoms with Gasteiger partial charge < -0.3 is 9.15 Å². The Morgan fingerprint density at radius 2 is 1.84 bits per heavy atom. The molecule has 5 aromatic rings. The number of aryl methyl sites for hydroxylation is 1. The summed E-state index contributed by atoms with van der Waals surface area (Å²) in [6.45, 7) is 1.51. The molecule has 1 N–H and O–H groups in total. The number of oxazole rings is 1. The number of pyridine rings is 1. The van der Waals surface area contributed by atoms with E-state index in [9.17, 15) is 18.0 Å². The molecule has 0 aliphatic heterocycles. The number of aromatic amines is 1. The Hall–Kier alpha value is -4.15. The van der Waals surface area contributed by atoms with Crippen molar-refractivity contribution < 1.29 is 22.3 Å². The van der Waals surface area contributed by atoms with E-state index in [2.05, 4.69) is 20.1 Å². The van der Waals surface area contributed by atoms with Crippen LogP contribution >= 0.6 is 0 Å². The van der Waals surface area contributed by atoms with E-state index in [1.165, 1.54) is 38.6 Å². The number of hydrogen-bond acceptors (Lipinski definition) is 6. The maximum Gasteiger partial charge on any atom is 0.433 e. The number of H-pyrrole nitrogens is 1. The molecule has 4 aromatic heterocycles. The summed E-state index contributed by atoms with van der Waals surface area (Å²) >= 11 is 0. The van der Waals surface area contributed by atoms with E-state index in [-0.39, 0.29) is 39.5 Å². The molecular weight excluding hydrogens is 427 g/mol. The third kappa shape index (κ3) is 2.93. The van der Waals surface area contributed by atoms with Gasteiger partial charge in [-0.05, 0) is 12.5 Å². The van der Waals surface area contributed by atoms with Gasteiger partial charge >= 0.3 is 6.18 Å². The van der Waals surface area contributed by atoms with Crippen molar-refractivity contribution in [2.24, 2.45) is 0 Å². The molecule has 0 fully saturated rings. The smallest absolute Gasteiger partial charge is 0.433 e. The predicted molar refractivity (Wildman–Crippen MR) is 108 cm³/mol. The molecule has 0 spiro atoms. The SMILES string of the molecule is COc1cncc2oc(-c3c(C)nc4c(-c5ccccc5)c(C(F)(F)F)[nH]n4c3=O)nc12. The normalized spacial score (nSPS) is 12.0. The van der Waals surface area contributed by atoms with Gasteiger partial charge in [-0.3, -0.25) is 14.9 Å². The first kappa shape index (κ1) is 19.8. The van der Waals surface area contributed by atoms with Crippen LogP contribution in [0.3, 0.4) is 0 Å². The summed E-state index contributed by atoms with van der Waals surface area (Å²) in [7, 11) is 1.43. The molecule has 0 aliphatic rings. The van der Waals surface area contributed by atoms with Crippen LogP contribution in [0.5, 0.6) is 5.75 Å². The quantitative estimate of drug-likeness (QED) is 0.450. The molecule has 0 saturated heterocycles. The Morgan fingerprint density at radius 3 is 2.53 bits per heavy atom. The first-order valence-electron chi connectivity index (χ1n) is 9.36. The second-order valence-corrected chi connectivity index (χ2v) is 6.97. The van der Waals surface area contributed by atoms with Gasteiger partial charge in [-0.2, -0.15) is 17.7 Å². The Labute approximate surface area is 177 Å². The second-order valence-electron chi connectivity index (χ2n) is 6.97. The number of ether oxygens (including phenoxy) is 1. The summed E-state index contributed by atoms with van der Waals surface area (Å²) in [4.78, 5) is 25.9. The molecule has 0 amide bonds. The largest absolute Gasteiger partial charge is 0.493 e. The van der Waals surface area contributed by atoms with Gasteiger partial charge in [0.2, 0.25) is 5.89 Å². The van der Waals surface area contributed by atoms with E-state index in [4.69, 9.17) is 9.15 Å².